The summed E-state index contributed by atoms with van der Waals surface area (Å²) in [4.78, 5) is 0. The molecule has 0 radical (unpaired) electrons. The highest BCUT2D eigenvalue weighted by molar-refractivity contribution is 7.08. The van der Waals surface area contributed by atoms with Crippen molar-refractivity contribution in [2.24, 2.45) is 11.8 Å². The topological polar surface area (TPSA) is 12.0 Å². The molecule has 3 unspecified atom stereocenters. The zero-order valence-corrected chi connectivity index (χ0v) is 9.81. The van der Waals surface area contributed by atoms with Crippen molar-refractivity contribution in [1.82, 2.24) is 0 Å². The zero-order valence-electron chi connectivity index (χ0n) is 8.99. The fraction of sp³-hybridized carbons (Fsp3) is 0.667. The predicted molar refractivity (Wildman–Crippen MR) is 63.9 cm³/mol. The predicted octanol–water partition coefficient (Wildman–Crippen LogP) is 3.98. The summed E-state index contributed by atoms with van der Waals surface area (Å²) in [5.41, 5.74) is 1.31. The molecule has 0 amide bonds. The third-order valence-electron chi connectivity index (χ3n) is 3.58. The quantitative estimate of drug-likeness (QED) is 0.776. The summed E-state index contributed by atoms with van der Waals surface area (Å²) >= 11 is 1.77. The van der Waals surface area contributed by atoms with Crippen molar-refractivity contribution in [2.75, 3.05) is 5.32 Å². The maximum atomic E-state index is 3.65. The van der Waals surface area contributed by atoms with Crippen LogP contribution in [0.25, 0.3) is 0 Å². The van der Waals surface area contributed by atoms with Gasteiger partial charge in [0.05, 0.1) is 0 Å². The highest BCUT2D eigenvalue weighted by Crippen LogP contribution is 2.31. The number of anilines is 1. The van der Waals surface area contributed by atoms with Gasteiger partial charge >= 0.3 is 0 Å². The second kappa shape index (κ2) is 4.35. The van der Waals surface area contributed by atoms with Gasteiger partial charge in [-0.1, -0.05) is 26.7 Å². The van der Waals surface area contributed by atoms with Crippen LogP contribution in [0.5, 0.6) is 0 Å². The Morgan fingerprint density at radius 2 is 2.21 bits per heavy atom. The second-order valence-corrected chi connectivity index (χ2v) is 5.31. The fourth-order valence-electron chi connectivity index (χ4n) is 2.35. The van der Waals surface area contributed by atoms with Crippen LogP contribution >= 0.6 is 11.3 Å². The van der Waals surface area contributed by atoms with E-state index >= 15 is 0 Å². The van der Waals surface area contributed by atoms with Crippen LogP contribution in [0, 0.1) is 11.8 Å². The van der Waals surface area contributed by atoms with Gasteiger partial charge in [0.15, 0.2) is 0 Å². The smallest absolute Gasteiger partial charge is 0.0451 e. The average Bonchev–Trinajstić information content (AvgIpc) is 2.66. The van der Waals surface area contributed by atoms with Gasteiger partial charge < -0.3 is 5.32 Å². The first-order valence-corrected chi connectivity index (χ1v) is 6.50. The van der Waals surface area contributed by atoms with Crippen LogP contribution in [0.1, 0.15) is 33.1 Å². The van der Waals surface area contributed by atoms with Crippen molar-refractivity contribution in [1.29, 1.82) is 0 Å². The maximum absolute atomic E-state index is 3.65. The van der Waals surface area contributed by atoms with Crippen molar-refractivity contribution in [2.45, 2.75) is 39.2 Å². The van der Waals surface area contributed by atoms with E-state index < -0.39 is 0 Å². The fourth-order valence-corrected chi connectivity index (χ4v) is 2.94. The average molecular weight is 209 g/mol. The van der Waals surface area contributed by atoms with E-state index in [2.05, 4.69) is 36.0 Å². The first-order chi connectivity index (χ1) is 6.77. The first kappa shape index (κ1) is 10.0. The van der Waals surface area contributed by atoms with E-state index in [0.717, 1.165) is 11.8 Å². The number of nitrogens with one attached hydrogen (secondary N) is 1. The summed E-state index contributed by atoms with van der Waals surface area (Å²) < 4.78 is 0. The monoisotopic (exact) mass is 209 g/mol. The van der Waals surface area contributed by atoms with Crippen LogP contribution in [-0.2, 0) is 0 Å². The minimum absolute atomic E-state index is 0.688. The molecule has 3 atom stereocenters. The molecule has 14 heavy (non-hydrogen) atoms. The van der Waals surface area contributed by atoms with Crippen molar-refractivity contribution in [3.8, 4) is 0 Å². The van der Waals surface area contributed by atoms with Gasteiger partial charge in [0.2, 0.25) is 0 Å². The molecule has 1 fully saturated rings. The Hall–Kier alpha value is -0.500. The number of hydrogen-bond donors (Lipinski definition) is 1. The van der Waals surface area contributed by atoms with Crippen molar-refractivity contribution in [3.63, 3.8) is 0 Å². The lowest BCUT2D eigenvalue weighted by atomic mass is 9.78. The van der Waals surface area contributed by atoms with Crippen LogP contribution in [-0.4, -0.2) is 6.04 Å². The zero-order chi connectivity index (χ0) is 9.97. The number of rotatable bonds is 2. The maximum Gasteiger partial charge on any atom is 0.0451 e. The van der Waals surface area contributed by atoms with Gasteiger partial charge in [-0.15, -0.1) is 0 Å². The van der Waals surface area contributed by atoms with Gasteiger partial charge in [0, 0.05) is 17.1 Å². The Morgan fingerprint density at radius 1 is 1.36 bits per heavy atom. The molecule has 0 spiro atoms. The standard InChI is InChI=1S/C12H19NS/c1-9-4-3-5-12(10(9)2)13-11-6-7-14-8-11/h6-10,12-13H,3-5H2,1-2H3. The van der Waals surface area contributed by atoms with Crippen LogP contribution in [0.15, 0.2) is 16.8 Å². The van der Waals surface area contributed by atoms with Crippen molar-refractivity contribution < 1.29 is 0 Å². The Labute approximate surface area is 90.5 Å². The molecule has 78 valence electrons. The molecule has 2 rings (SSSR count). The molecule has 1 aromatic heterocycles. The Morgan fingerprint density at radius 3 is 2.93 bits per heavy atom. The number of thiophene rings is 1. The van der Waals surface area contributed by atoms with E-state index in [0.29, 0.717) is 6.04 Å². The number of hydrogen-bond acceptors (Lipinski definition) is 2. The second-order valence-electron chi connectivity index (χ2n) is 4.53. The molecule has 1 nitrogen and oxygen atoms in total. The Kier molecular flexibility index (Phi) is 3.12. The minimum Gasteiger partial charge on any atom is -0.381 e. The molecular formula is C12H19NS. The molecular weight excluding hydrogens is 190 g/mol. The summed E-state index contributed by atoms with van der Waals surface area (Å²) in [6.45, 7) is 4.76. The van der Waals surface area contributed by atoms with Gasteiger partial charge in [-0.2, -0.15) is 11.3 Å². The molecule has 0 bridgehead atoms. The van der Waals surface area contributed by atoms with E-state index in [1.165, 1.54) is 24.9 Å². The summed E-state index contributed by atoms with van der Waals surface area (Å²) in [7, 11) is 0. The Bertz CT molecular complexity index is 268. The molecule has 1 N–H and O–H groups in total. The summed E-state index contributed by atoms with van der Waals surface area (Å²) in [5.74, 6) is 1.68. The minimum atomic E-state index is 0.688. The van der Waals surface area contributed by atoms with Gasteiger partial charge in [-0.25, -0.2) is 0 Å². The van der Waals surface area contributed by atoms with E-state index in [4.69, 9.17) is 0 Å². The summed E-state index contributed by atoms with van der Waals surface area (Å²) in [6.07, 6.45) is 4.12. The Balaban J connectivity index is 1.97. The van der Waals surface area contributed by atoms with Gasteiger partial charge in [0.25, 0.3) is 0 Å². The molecule has 1 saturated carbocycles. The molecule has 1 aromatic rings. The van der Waals surface area contributed by atoms with Gasteiger partial charge in [-0.3, -0.25) is 0 Å². The highest BCUT2D eigenvalue weighted by Gasteiger charge is 2.26. The lowest BCUT2D eigenvalue weighted by Gasteiger charge is -2.35. The molecule has 1 aliphatic rings. The third kappa shape index (κ3) is 2.11. The summed E-state index contributed by atoms with van der Waals surface area (Å²) in [5, 5.41) is 7.99. The van der Waals surface area contributed by atoms with Crippen molar-refractivity contribution in [3.05, 3.63) is 16.8 Å². The van der Waals surface area contributed by atoms with Crippen LogP contribution in [0.2, 0.25) is 0 Å². The largest absolute Gasteiger partial charge is 0.381 e. The molecule has 2 heteroatoms. The van der Waals surface area contributed by atoms with E-state index in [9.17, 15) is 0 Å². The molecule has 0 aromatic carbocycles. The highest BCUT2D eigenvalue weighted by atomic mass is 32.1. The van der Waals surface area contributed by atoms with Crippen LogP contribution in [0.4, 0.5) is 5.69 Å². The first-order valence-electron chi connectivity index (χ1n) is 5.56. The molecule has 0 aliphatic heterocycles. The van der Waals surface area contributed by atoms with Crippen LogP contribution < -0.4 is 5.32 Å². The molecule has 1 heterocycles. The van der Waals surface area contributed by atoms with E-state index in [1.807, 2.05) is 0 Å². The molecule has 1 aliphatic carbocycles. The molecule has 0 saturated heterocycles. The van der Waals surface area contributed by atoms with Gasteiger partial charge in [0.1, 0.15) is 0 Å². The van der Waals surface area contributed by atoms with Gasteiger partial charge in [-0.05, 0) is 29.7 Å². The van der Waals surface area contributed by atoms with E-state index in [-0.39, 0.29) is 0 Å². The third-order valence-corrected chi connectivity index (χ3v) is 4.26. The normalized spacial score (nSPS) is 32.9. The summed E-state index contributed by atoms with van der Waals surface area (Å²) in [6, 6.07) is 2.87. The van der Waals surface area contributed by atoms with Crippen molar-refractivity contribution >= 4 is 17.0 Å². The van der Waals surface area contributed by atoms with Crippen LogP contribution in [0.3, 0.4) is 0 Å². The SMILES string of the molecule is CC1CCCC(Nc2ccsc2)C1C. The lowest BCUT2D eigenvalue weighted by Crippen LogP contribution is -2.34. The lowest BCUT2D eigenvalue weighted by molar-refractivity contribution is 0.253. The van der Waals surface area contributed by atoms with E-state index in [1.54, 1.807) is 11.3 Å².